The smallest absolute Gasteiger partial charge is 0.342 e. The van der Waals surface area contributed by atoms with E-state index in [0.29, 0.717) is 24.7 Å². The third-order valence-electron chi connectivity index (χ3n) is 2.88. The Kier molecular flexibility index (Phi) is 5.85. The van der Waals surface area contributed by atoms with Gasteiger partial charge in [-0.05, 0) is 43.2 Å². The topological polar surface area (TPSA) is 52.6 Å². The molecule has 0 aliphatic rings. The largest absolute Gasteiger partial charge is 0.493 e. The van der Waals surface area contributed by atoms with Crippen LogP contribution in [0.5, 0.6) is 11.5 Å². The average Bonchev–Trinajstić information content (AvgIpc) is 2.46. The molecule has 0 radical (unpaired) electrons. The quantitative estimate of drug-likeness (QED) is 0.428. The third-order valence-corrected chi connectivity index (χ3v) is 4.43. The van der Waals surface area contributed by atoms with Gasteiger partial charge in [0.25, 0.3) is 0 Å². The van der Waals surface area contributed by atoms with Crippen LogP contribution in [0.15, 0.2) is 47.4 Å². The van der Waals surface area contributed by atoms with Crippen molar-refractivity contribution in [2.75, 3.05) is 12.5 Å². The van der Waals surface area contributed by atoms with E-state index in [9.17, 15) is 12.8 Å². The van der Waals surface area contributed by atoms with Crippen molar-refractivity contribution in [3.8, 4) is 11.5 Å². The molecule has 0 aliphatic carbocycles. The van der Waals surface area contributed by atoms with Crippen LogP contribution in [0.3, 0.4) is 0 Å². The number of hydrogen-bond donors (Lipinski definition) is 0. The van der Waals surface area contributed by atoms with Gasteiger partial charge in [-0.15, -0.1) is 11.6 Å². The van der Waals surface area contributed by atoms with Crippen LogP contribution < -0.4 is 8.92 Å². The molecule has 124 valence electrons. The summed E-state index contributed by atoms with van der Waals surface area (Å²) >= 11 is 5.58. The first-order chi connectivity index (χ1) is 10.9. The van der Waals surface area contributed by atoms with Gasteiger partial charge in [0.2, 0.25) is 0 Å². The zero-order valence-corrected chi connectivity index (χ0v) is 14.0. The van der Waals surface area contributed by atoms with Gasteiger partial charge in [-0.3, -0.25) is 0 Å². The van der Waals surface area contributed by atoms with Gasteiger partial charge in [0.05, 0.1) is 6.61 Å². The fourth-order valence-corrected chi connectivity index (χ4v) is 3.01. The summed E-state index contributed by atoms with van der Waals surface area (Å²) in [5.41, 5.74) is 0.757. The highest BCUT2D eigenvalue weighted by atomic mass is 35.5. The zero-order valence-electron chi connectivity index (χ0n) is 12.5. The van der Waals surface area contributed by atoms with E-state index in [4.69, 9.17) is 20.5 Å². The summed E-state index contributed by atoms with van der Waals surface area (Å²) in [4.78, 5) is -0.508. The molecule has 0 bridgehead atoms. The first-order valence-electron chi connectivity index (χ1n) is 6.92. The molecule has 7 heteroatoms. The van der Waals surface area contributed by atoms with Crippen LogP contribution in [0.25, 0.3) is 0 Å². The van der Waals surface area contributed by atoms with E-state index < -0.39 is 20.8 Å². The van der Waals surface area contributed by atoms with Crippen molar-refractivity contribution in [1.29, 1.82) is 0 Å². The van der Waals surface area contributed by atoms with Crippen molar-refractivity contribution in [2.24, 2.45) is 0 Å². The molecular formula is C16H16ClFO4S. The molecule has 0 aromatic heterocycles. The van der Waals surface area contributed by atoms with Crippen LogP contribution in [-0.4, -0.2) is 20.9 Å². The molecule has 0 aliphatic heterocycles. The Morgan fingerprint density at radius 2 is 1.83 bits per heavy atom. The maximum atomic E-state index is 13.7. The summed E-state index contributed by atoms with van der Waals surface area (Å²) in [6.45, 7) is 2.18. The summed E-state index contributed by atoms with van der Waals surface area (Å²) in [7, 11) is -4.25. The van der Waals surface area contributed by atoms with Crippen LogP contribution in [0.1, 0.15) is 12.0 Å². The van der Waals surface area contributed by atoms with E-state index in [2.05, 4.69) is 0 Å². The number of rotatable bonds is 7. The molecule has 0 saturated carbocycles. The SMILES string of the molecule is Cc1cc(OCCCCl)cc(OS(=O)(=O)c2ccccc2F)c1. The Morgan fingerprint density at radius 1 is 1.13 bits per heavy atom. The summed E-state index contributed by atoms with van der Waals surface area (Å²) in [6, 6.07) is 9.77. The normalized spacial score (nSPS) is 11.3. The lowest BCUT2D eigenvalue weighted by Gasteiger charge is -2.11. The average molecular weight is 359 g/mol. The highest BCUT2D eigenvalue weighted by molar-refractivity contribution is 7.87. The Hall–Kier alpha value is -1.79. The van der Waals surface area contributed by atoms with E-state index >= 15 is 0 Å². The highest BCUT2D eigenvalue weighted by Gasteiger charge is 2.21. The minimum absolute atomic E-state index is 0.0640. The molecule has 0 saturated heterocycles. The van der Waals surface area contributed by atoms with E-state index in [1.807, 2.05) is 0 Å². The van der Waals surface area contributed by atoms with Crippen molar-refractivity contribution in [3.63, 3.8) is 0 Å². The molecule has 0 atom stereocenters. The molecule has 0 heterocycles. The second-order valence-corrected chi connectivity index (χ2v) is 6.73. The standard InChI is InChI=1S/C16H16ClFO4S/c1-12-9-13(21-8-4-7-17)11-14(10-12)22-23(19,20)16-6-3-2-5-15(16)18/h2-3,5-6,9-11H,4,7-8H2,1H3. The van der Waals surface area contributed by atoms with Crippen molar-refractivity contribution in [3.05, 3.63) is 53.8 Å². The summed E-state index contributed by atoms with van der Waals surface area (Å²) in [5.74, 6) is 0.137. The second-order valence-electron chi connectivity index (χ2n) is 4.84. The van der Waals surface area contributed by atoms with Gasteiger partial charge in [0.15, 0.2) is 0 Å². The van der Waals surface area contributed by atoms with Crippen LogP contribution in [0, 0.1) is 12.7 Å². The summed E-state index contributed by atoms with van der Waals surface area (Å²) in [6.07, 6.45) is 0.666. The molecule has 2 aromatic carbocycles. The van der Waals surface area contributed by atoms with E-state index in [0.717, 1.165) is 17.7 Å². The Morgan fingerprint density at radius 3 is 2.52 bits per heavy atom. The lowest BCUT2D eigenvalue weighted by Crippen LogP contribution is -2.11. The van der Waals surface area contributed by atoms with Crippen molar-refractivity contribution < 1.29 is 21.7 Å². The molecule has 0 amide bonds. The van der Waals surface area contributed by atoms with Gasteiger partial charge in [0.1, 0.15) is 22.2 Å². The van der Waals surface area contributed by atoms with Crippen LogP contribution in [0.2, 0.25) is 0 Å². The fraction of sp³-hybridized carbons (Fsp3) is 0.250. The predicted octanol–water partition coefficient (Wildman–Crippen LogP) is 3.91. The lowest BCUT2D eigenvalue weighted by atomic mass is 10.2. The number of benzene rings is 2. The van der Waals surface area contributed by atoms with E-state index in [1.54, 1.807) is 13.0 Å². The number of halogens is 2. The van der Waals surface area contributed by atoms with Crippen LogP contribution in [-0.2, 0) is 10.1 Å². The van der Waals surface area contributed by atoms with Gasteiger partial charge in [0, 0.05) is 11.9 Å². The Bertz CT molecular complexity index is 777. The first kappa shape index (κ1) is 17.6. The van der Waals surface area contributed by atoms with Gasteiger partial charge in [-0.2, -0.15) is 8.42 Å². The molecule has 2 aromatic rings. The summed E-state index contributed by atoms with van der Waals surface area (Å²) in [5, 5.41) is 0. The van der Waals surface area contributed by atoms with Gasteiger partial charge >= 0.3 is 10.1 Å². The number of ether oxygens (including phenoxy) is 1. The maximum absolute atomic E-state index is 13.7. The zero-order chi connectivity index (χ0) is 16.9. The fourth-order valence-electron chi connectivity index (χ4n) is 1.91. The molecule has 0 N–H and O–H groups in total. The van der Waals surface area contributed by atoms with Crippen molar-refractivity contribution >= 4 is 21.7 Å². The minimum atomic E-state index is -4.25. The van der Waals surface area contributed by atoms with Crippen LogP contribution >= 0.6 is 11.6 Å². The number of alkyl halides is 1. The van der Waals surface area contributed by atoms with Crippen LogP contribution in [0.4, 0.5) is 4.39 Å². The molecule has 4 nitrogen and oxygen atoms in total. The number of aryl methyl sites for hydroxylation is 1. The molecule has 0 unspecified atom stereocenters. The second kappa shape index (κ2) is 7.66. The van der Waals surface area contributed by atoms with Crippen molar-refractivity contribution in [1.82, 2.24) is 0 Å². The minimum Gasteiger partial charge on any atom is -0.493 e. The van der Waals surface area contributed by atoms with Gasteiger partial charge in [-0.25, -0.2) is 4.39 Å². The molecule has 23 heavy (non-hydrogen) atoms. The Labute approximate surface area is 139 Å². The Balaban J connectivity index is 2.24. The molecular weight excluding hydrogens is 343 g/mol. The molecule has 0 spiro atoms. The molecule has 0 fully saturated rings. The van der Waals surface area contributed by atoms with E-state index in [1.165, 1.54) is 24.3 Å². The predicted molar refractivity (Wildman–Crippen MR) is 86.2 cm³/mol. The van der Waals surface area contributed by atoms with Gasteiger partial charge < -0.3 is 8.92 Å². The van der Waals surface area contributed by atoms with E-state index in [-0.39, 0.29) is 5.75 Å². The first-order valence-corrected chi connectivity index (χ1v) is 8.86. The summed E-state index contributed by atoms with van der Waals surface area (Å²) < 4.78 is 48.5. The monoisotopic (exact) mass is 358 g/mol. The third kappa shape index (κ3) is 4.84. The highest BCUT2D eigenvalue weighted by Crippen LogP contribution is 2.26. The molecule has 2 rings (SSSR count). The lowest BCUT2D eigenvalue weighted by molar-refractivity contribution is 0.317. The van der Waals surface area contributed by atoms with Gasteiger partial charge in [-0.1, -0.05) is 12.1 Å². The van der Waals surface area contributed by atoms with Crippen molar-refractivity contribution in [2.45, 2.75) is 18.2 Å². The number of hydrogen-bond acceptors (Lipinski definition) is 4. The maximum Gasteiger partial charge on any atom is 0.342 e.